The van der Waals surface area contributed by atoms with E-state index in [1.165, 1.54) is 19.1 Å². The molecule has 0 aliphatic carbocycles. The van der Waals surface area contributed by atoms with E-state index in [4.69, 9.17) is 8.83 Å². The van der Waals surface area contributed by atoms with Crippen LogP contribution >= 0.6 is 11.8 Å². The zero-order valence-electron chi connectivity index (χ0n) is 16.5. The van der Waals surface area contributed by atoms with Gasteiger partial charge < -0.3 is 19.1 Å². The molecule has 152 valence electrons. The highest BCUT2D eigenvalue weighted by molar-refractivity contribution is 7.98. The topological polar surface area (TPSA) is 75.7 Å². The molecule has 1 N–H and O–H groups in total. The van der Waals surface area contributed by atoms with Crippen molar-refractivity contribution in [1.29, 1.82) is 0 Å². The lowest BCUT2D eigenvalue weighted by Gasteiger charge is -2.32. The molecule has 2 aromatic heterocycles. The molecular weight excluding hydrogens is 376 g/mol. The molecule has 28 heavy (non-hydrogen) atoms. The lowest BCUT2D eigenvalue weighted by molar-refractivity contribution is 0.0644. The normalized spacial score (nSPS) is 16.9. The third-order valence-corrected chi connectivity index (χ3v) is 6.01. The van der Waals surface area contributed by atoms with E-state index in [-0.39, 0.29) is 17.9 Å². The van der Waals surface area contributed by atoms with Gasteiger partial charge in [0.1, 0.15) is 5.76 Å². The zero-order valence-corrected chi connectivity index (χ0v) is 17.3. The van der Waals surface area contributed by atoms with E-state index in [0.29, 0.717) is 24.6 Å². The Balaban J connectivity index is 1.54. The van der Waals surface area contributed by atoms with Gasteiger partial charge >= 0.3 is 0 Å². The van der Waals surface area contributed by atoms with Crippen molar-refractivity contribution in [2.24, 2.45) is 0 Å². The summed E-state index contributed by atoms with van der Waals surface area (Å²) < 4.78 is 10.9. The molecule has 0 aromatic carbocycles. The predicted octanol–water partition coefficient (Wildman–Crippen LogP) is 4.25. The minimum Gasteiger partial charge on any atom is -0.459 e. The number of unbranched alkanes of at least 4 members (excludes halogenated alkanes) is 1. The molecule has 0 radical (unpaired) electrons. The number of nitrogens with one attached hydrogen (secondary N) is 1. The number of carbonyl (C=O) groups is 2. The number of piperidine rings is 1. The van der Waals surface area contributed by atoms with Gasteiger partial charge in [-0.2, -0.15) is 11.8 Å². The molecular formula is C21H28N2O4S. The third-order valence-electron chi connectivity index (χ3n) is 4.92. The predicted molar refractivity (Wildman–Crippen MR) is 110 cm³/mol. The standard InChI is InChI=1S/C21H28N2O4S/c1-3-4-11-28-14-16-12-19(27-15(16)2)20(24)22-17-7-5-9-23(13-17)21(25)18-8-6-10-26-18/h6,8,10,12,17H,3-5,7,9,11,13-14H2,1-2H3,(H,22,24). The average Bonchev–Trinajstić information content (AvgIpc) is 3.35. The van der Waals surface area contributed by atoms with Gasteiger partial charge in [-0.25, -0.2) is 0 Å². The second-order valence-corrected chi connectivity index (χ2v) is 8.24. The number of carbonyl (C=O) groups excluding carboxylic acids is 2. The molecule has 1 aliphatic rings. The maximum Gasteiger partial charge on any atom is 0.289 e. The first kappa shape index (κ1) is 20.6. The van der Waals surface area contributed by atoms with Crippen LogP contribution in [0.25, 0.3) is 0 Å². The number of amides is 2. The zero-order chi connectivity index (χ0) is 19.9. The van der Waals surface area contributed by atoms with Crippen LogP contribution in [0, 0.1) is 6.92 Å². The molecule has 1 unspecified atom stereocenters. The van der Waals surface area contributed by atoms with Crippen molar-refractivity contribution in [1.82, 2.24) is 10.2 Å². The number of aryl methyl sites for hydroxylation is 1. The molecule has 2 amide bonds. The first-order valence-electron chi connectivity index (χ1n) is 9.89. The van der Waals surface area contributed by atoms with E-state index in [1.54, 1.807) is 17.0 Å². The Hall–Kier alpha value is -2.15. The largest absolute Gasteiger partial charge is 0.459 e. The van der Waals surface area contributed by atoms with E-state index in [2.05, 4.69) is 12.2 Å². The van der Waals surface area contributed by atoms with E-state index in [0.717, 1.165) is 35.7 Å². The second kappa shape index (κ2) is 9.87. The van der Waals surface area contributed by atoms with Gasteiger partial charge in [0, 0.05) is 30.4 Å². The molecule has 3 heterocycles. The smallest absolute Gasteiger partial charge is 0.289 e. The SMILES string of the molecule is CCCCSCc1cc(C(=O)NC2CCCN(C(=O)c3ccco3)C2)oc1C. The van der Waals surface area contributed by atoms with Crippen molar-refractivity contribution in [3.8, 4) is 0 Å². The number of likely N-dealkylation sites (tertiary alicyclic amines) is 1. The van der Waals surface area contributed by atoms with Crippen LogP contribution in [0.3, 0.4) is 0 Å². The highest BCUT2D eigenvalue weighted by Gasteiger charge is 2.27. The van der Waals surface area contributed by atoms with Gasteiger partial charge in [-0.05, 0) is 50.1 Å². The first-order chi connectivity index (χ1) is 13.6. The Morgan fingerprint density at radius 3 is 2.96 bits per heavy atom. The van der Waals surface area contributed by atoms with Crippen LogP contribution in [0.5, 0.6) is 0 Å². The van der Waals surface area contributed by atoms with Crippen LogP contribution in [0.1, 0.15) is 65.0 Å². The fourth-order valence-electron chi connectivity index (χ4n) is 3.30. The molecule has 0 bridgehead atoms. The van der Waals surface area contributed by atoms with Crippen LogP contribution in [-0.2, 0) is 5.75 Å². The summed E-state index contributed by atoms with van der Waals surface area (Å²) >= 11 is 1.86. The number of nitrogens with zero attached hydrogens (tertiary/aromatic N) is 1. The van der Waals surface area contributed by atoms with Gasteiger partial charge in [-0.3, -0.25) is 9.59 Å². The molecule has 1 fully saturated rings. The lowest BCUT2D eigenvalue weighted by atomic mass is 10.1. The maximum atomic E-state index is 12.6. The fraction of sp³-hybridized carbons (Fsp3) is 0.524. The Morgan fingerprint density at radius 1 is 1.36 bits per heavy atom. The summed E-state index contributed by atoms with van der Waals surface area (Å²) in [4.78, 5) is 26.8. The van der Waals surface area contributed by atoms with E-state index in [9.17, 15) is 9.59 Å². The van der Waals surface area contributed by atoms with Crippen molar-refractivity contribution in [3.63, 3.8) is 0 Å². The summed E-state index contributed by atoms with van der Waals surface area (Å²) in [6.45, 7) is 5.23. The van der Waals surface area contributed by atoms with Gasteiger partial charge in [0.2, 0.25) is 0 Å². The second-order valence-electron chi connectivity index (χ2n) is 7.14. The van der Waals surface area contributed by atoms with Gasteiger partial charge in [-0.1, -0.05) is 13.3 Å². The number of hydrogen-bond donors (Lipinski definition) is 1. The molecule has 2 aromatic rings. The van der Waals surface area contributed by atoms with E-state index >= 15 is 0 Å². The first-order valence-corrected chi connectivity index (χ1v) is 11.0. The van der Waals surface area contributed by atoms with E-state index < -0.39 is 0 Å². The molecule has 0 saturated carbocycles. The summed E-state index contributed by atoms with van der Waals surface area (Å²) in [5, 5.41) is 3.02. The molecule has 1 aliphatic heterocycles. The van der Waals surface area contributed by atoms with Gasteiger partial charge in [0.25, 0.3) is 11.8 Å². The number of hydrogen-bond acceptors (Lipinski definition) is 5. The van der Waals surface area contributed by atoms with Crippen LogP contribution in [0.2, 0.25) is 0 Å². The van der Waals surface area contributed by atoms with Crippen molar-refractivity contribution in [3.05, 3.63) is 47.3 Å². The number of thioether (sulfide) groups is 1. The van der Waals surface area contributed by atoms with Crippen LogP contribution < -0.4 is 5.32 Å². The summed E-state index contributed by atoms with van der Waals surface area (Å²) in [5.74, 6) is 3.10. The van der Waals surface area contributed by atoms with Gasteiger partial charge in [-0.15, -0.1) is 0 Å². The van der Waals surface area contributed by atoms with Crippen LogP contribution in [-0.4, -0.2) is 41.6 Å². The minimum atomic E-state index is -0.217. The monoisotopic (exact) mass is 404 g/mol. The summed E-state index contributed by atoms with van der Waals surface area (Å²) in [6, 6.07) is 5.12. The molecule has 7 heteroatoms. The van der Waals surface area contributed by atoms with Crippen LogP contribution in [0.4, 0.5) is 0 Å². The van der Waals surface area contributed by atoms with E-state index in [1.807, 2.05) is 24.8 Å². The lowest BCUT2D eigenvalue weighted by Crippen LogP contribution is -2.49. The van der Waals surface area contributed by atoms with Crippen molar-refractivity contribution >= 4 is 23.6 Å². The Bertz CT molecular complexity index is 784. The number of furan rings is 2. The highest BCUT2D eigenvalue weighted by Crippen LogP contribution is 2.22. The molecule has 1 saturated heterocycles. The summed E-state index contributed by atoms with van der Waals surface area (Å²) in [7, 11) is 0. The molecule has 6 nitrogen and oxygen atoms in total. The maximum absolute atomic E-state index is 12.6. The van der Waals surface area contributed by atoms with Gasteiger partial charge in [0.15, 0.2) is 11.5 Å². The minimum absolute atomic E-state index is 0.0899. The molecule has 3 rings (SSSR count). The highest BCUT2D eigenvalue weighted by atomic mass is 32.2. The Morgan fingerprint density at radius 2 is 2.21 bits per heavy atom. The van der Waals surface area contributed by atoms with Crippen molar-refractivity contribution in [2.45, 2.75) is 51.3 Å². The third kappa shape index (κ3) is 5.22. The average molecular weight is 405 g/mol. The molecule has 0 spiro atoms. The summed E-state index contributed by atoms with van der Waals surface area (Å²) in [5.41, 5.74) is 1.07. The summed E-state index contributed by atoms with van der Waals surface area (Å²) in [6.07, 6.45) is 5.56. The van der Waals surface area contributed by atoms with Crippen molar-refractivity contribution < 1.29 is 18.4 Å². The van der Waals surface area contributed by atoms with Crippen molar-refractivity contribution in [2.75, 3.05) is 18.8 Å². The Kier molecular flexibility index (Phi) is 7.25. The molecule has 1 atom stereocenters. The van der Waals surface area contributed by atoms with Gasteiger partial charge in [0.05, 0.1) is 6.26 Å². The van der Waals surface area contributed by atoms with Crippen LogP contribution in [0.15, 0.2) is 33.3 Å². The fourth-order valence-corrected chi connectivity index (χ4v) is 4.44. The Labute approximate surface area is 170 Å². The quantitative estimate of drug-likeness (QED) is 0.666. The number of rotatable bonds is 8.